The van der Waals surface area contributed by atoms with Crippen LogP contribution < -0.4 is 10.4 Å². The molecule has 1 aromatic heterocycles. The monoisotopic (exact) mass is 597 g/mol. The van der Waals surface area contributed by atoms with Crippen LogP contribution in [0.4, 0.5) is 4.39 Å². The number of rotatable bonds is 13. The number of benzene rings is 3. The Kier molecular flexibility index (Phi) is 11.1. The van der Waals surface area contributed by atoms with Crippen molar-refractivity contribution in [3.63, 3.8) is 0 Å². The normalized spacial score (nSPS) is 12.2. The summed E-state index contributed by atoms with van der Waals surface area (Å²) in [4.78, 5) is 5.29. The van der Waals surface area contributed by atoms with Crippen LogP contribution in [0.3, 0.4) is 0 Å². The molecule has 0 aliphatic heterocycles. The van der Waals surface area contributed by atoms with Gasteiger partial charge in [-0.25, -0.2) is 4.39 Å². The maximum Gasteiger partial charge on any atom is 0.261 e. The van der Waals surface area contributed by atoms with Crippen LogP contribution in [0.25, 0.3) is 11.1 Å². The molecule has 0 saturated heterocycles. The standard InChI is InChI=1S/C38H48FNO2Si/c1-8-9-12-21-33-35(27-41-7)40-37(28(2)3)34(36(33)29-22-24-30(39)25-23-29)26-42-43(38(4,5)6,31-17-13-10-14-18-31)32-19-15-11-16-20-32/h10-11,13-20,22-25,28H,8-9,12,21,26-27H2,1-7H3. The Bertz CT molecular complexity index is 1410. The zero-order valence-electron chi connectivity index (χ0n) is 27.0. The van der Waals surface area contributed by atoms with Gasteiger partial charge in [-0.15, -0.1) is 0 Å². The van der Waals surface area contributed by atoms with Gasteiger partial charge in [-0.05, 0) is 63.0 Å². The van der Waals surface area contributed by atoms with Crippen molar-refractivity contribution >= 4 is 18.7 Å². The van der Waals surface area contributed by atoms with Crippen molar-refractivity contribution in [2.24, 2.45) is 0 Å². The van der Waals surface area contributed by atoms with Crippen molar-refractivity contribution < 1.29 is 13.6 Å². The summed E-state index contributed by atoms with van der Waals surface area (Å²) in [5, 5.41) is 2.34. The summed E-state index contributed by atoms with van der Waals surface area (Å²) in [5.74, 6) is -0.0751. The van der Waals surface area contributed by atoms with Crippen LogP contribution in [0.1, 0.15) is 89.2 Å². The van der Waals surface area contributed by atoms with Crippen LogP contribution in [-0.4, -0.2) is 20.4 Å². The van der Waals surface area contributed by atoms with E-state index in [2.05, 4.69) is 102 Å². The largest absolute Gasteiger partial charge is 0.403 e. The van der Waals surface area contributed by atoms with E-state index in [0.29, 0.717) is 13.2 Å². The number of unbranched alkanes of at least 4 members (excludes halogenated alkanes) is 2. The predicted molar refractivity (Wildman–Crippen MR) is 180 cm³/mol. The van der Waals surface area contributed by atoms with Crippen molar-refractivity contribution in [1.82, 2.24) is 4.98 Å². The van der Waals surface area contributed by atoms with Gasteiger partial charge in [0.2, 0.25) is 0 Å². The average Bonchev–Trinajstić information content (AvgIpc) is 2.99. The van der Waals surface area contributed by atoms with Crippen LogP contribution in [0.2, 0.25) is 5.04 Å². The molecule has 3 nitrogen and oxygen atoms in total. The second kappa shape index (κ2) is 14.6. The Hall–Kier alpha value is -3.12. The minimum atomic E-state index is -2.81. The van der Waals surface area contributed by atoms with Gasteiger partial charge in [0.15, 0.2) is 0 Å². The van der Waals surface area contributed by atoms with Crippen molar-refractivity contribution in [2.45, 2.75) is 91.4 Å². The van der Waals surface area contributed by atoms with E-state index in [4.69, 9.17) is 14.1 Å². The fourth-order valence-electron chi connectivity index (χ4n) is 6.34. The summed E-state index contributed by atoms with van der Waals surface area (Å²) in [6.07, 6.45) is 4.21. The number of methoxy groups -OCH3 is 1. The van der Waals surface area contributed by atoms with E-state index in [1.54, 1.807) is 19.2 Å². The third kappa shape index (κ3) is 7.17. The van der Waals surface area contributed by atoms with E-state index < -0.39 is 8.32 Å². The van der Waals surface area contributed by atoms with Gasteiger partial charge in [0.05, 0.1) is 18.9 Å². The quantitative estimate of drug-likeness (QED) is 0.114. The average molecular weight is 598 g/mol. The van der Waals surface area contributed by atoms with Crippen LogP contribution in [0.15, 0.2) is 84.9 Å². The maximum absolute atomic E-state index is 14.2. The van der Waals surface area contributed by atoms with Gasteiger partial charge in [0.1, 0.15) is 5.82 Å². The van der Waals surface area contributed by atoms with Crippen molar-refractivity contribution in [3.05, 3.63) is 113 Å². The van der Waals surface area contributed by atoms with Crippen LogP contribution >= 0.6 is 0 Å². The van der Waals surface area contributed by atoms with Gasteiger partial charge in [0, 0.05) is 18.4 Å². The molecule has 4 rings (SSSR count). The number of hydrogen-bond acceptors (Lipinski definition) is 3. The highest BCUT2D eigenvalue weighted by molar-refractivity contribution is 6.99. The summed E-state index contributed by atoms with van der Waals surface area (Å²) in [7, 11) is -1.09. The van der Waals surface area contributed by atoms with E-state index in [0.717, 1.165) is 53.8 Å². The SMILES string of the molecule is CCCCCc1c(COC)nc(C(C)C)c(CO[Si](c2ccccc2)(c2ccccc2)C(C)(C)C)c1-c1ccc(F)cc1. The Labute approximate surface area is 259 Å². The summed E-state index contributed by atoms with van der Waals surface area (Å²) < 4.78 is 27.4. The van der Waals surface area contributed by atoms with Gasteiger partial charge in [0.25, 0.3) is 8.32 Å². The number of nitrogens with zero attached hydrogens (tertiary/aromatic N) is 1. The van der Waals surface area contributed by atoms with Gasteiger partial charge >= 0.3 is 0 Å². The van der Waals surface area contributed by atoms with Gasteiger partial charge in [-0.3, -0.25) is 4.98 Å². The molecule has 0 saturated carbocycles. The molecule has 0 aliphatic carbocycles. The summed E-state index contributed by atoms with van der Waals surface area (Å²) in [6, 6.07) is 28.4. The maximum atomic E-state index is 14.2. The van der Waals surface area contributed by atoms with Gasteiger partial charge in [-0.1, -0.05) is 127 Å². The lowest BCUT2D eigenvalue weighted by Crippen LogP contribution is -2.66. The lowest BCUT2D eigenvalue weighted by molar-refractivity contribution is 0.180. The van der Waals surface area contributed by atoms with Crippen LogP contribution in [0, 0.1) is 5.82 Å². The Balaban J connectivity index is 2.00. The Morgan fingerprint density at radius 1 is 0.791 bits per heavy atom. The fraction of sp³-hybridized carbons (Fsp3) is 0.395. The lowest BCUT2D eigenvalue weighted by Gasteiger charge is -2.43. The minimum absolute atomic E-state index is 0.156. The van der Waals surface area contributed by atoms with E-state index in [1.807, 2.05) is 12.1 Å². The Morgan fingerprint density at radius 3 is 1.86 bits per heavy atom. The minimum Gasteiger partial charge on any atom is -0.403 e. The molecule has 0 amide bonds. The highest BCUT2D eigenvalue weighted by Crippen LogP contribution is 2.40. The molecular weight excluding hydrogens is 550 g/mol. The molecule has 0 fully saturated rings. The first-order valence-corrected chi connectivity index (χ1v) is 17.6. The van der Waals surface area contributed by atoms with Gasteiger partial charge in [-0.2, -0.15) is 0 Å². The number of hydrogen-bond donors (Lipinski definition) is 0. The summed E-state index contributed by atoms with van der Waals surface area (Å²) in [6.45, 7) is 14.4. The molecule has 0 aliphatic rings. The zero-order valence-corrected chi connectivity index (χ0v) is 28.0. The molecule has 43 heavy (non-hydrogen) atoms. The number of ether oxygens (including phenoxy) is 1. The van der Waals surface area contributed by atoms with E-state index in [9.17, 15) is 4.39 Å². The third-order valence-electron chi connectivity index (χ3n) is 8.36. The first kappa shape index (κ1) is 32.8. The van der Waals surface area contributed by atoms with Crippen molar-refractivity contribution in [3.8, 4) is 11.1 Å². The molecule has 0 radical (unpaired) electrons. The fourth-order valence-corrected chi connectivity index (χ4v) is 10.9. The van der Waals surface area contributed by atoms with Crippen molar-refractivity contribution in [1.29, 1.82) is 0 Å². The highest BCUT2D eigenvalue weighted by atomic mass is 28.4. The molecule has 3 aromatic carbocycles. The highest BCUT2D eigenvalue weighted by Gasteiger charge is 2.50. The second-order valence-corrected chi connectivity index (χ2v) is 17.1. The third-order valence-corrected chi connectivity index (χ3v) is 13.3. The summed E-state index contributed by atoms with van der Waals surface area (Å²) in [5.41, 5.74) is 6.39. The second-order valence-electron chi connectivity index (χ2n) is 12.8. The molecule has 0 spiro atoms. The molecule has 228 valence electrons. The smallest absolute Gasteiger partial charge is 0.261 e. The zero-order chi connectivity index (χ0) is 31.0. The van der Waals surface area contributed by atoms with Gasteiger partial charge < -0.3 is 9.16 Å². The topological polar surface area (TPSA) is 31.4 Å². The van der Waals surface area contributed by atoms with E-state index in [-0.39, 0.29) is 16.8 Å². The first-order valence-electron chi connectivity index (χ1n) is 15.7. The number of halogens is 1. The molecular formula is C38H48FNO2Si. The van der Waals surface area contributed by atoms with E-state index >= 15 is 0 Å². The predicted octanol–water partition coefficient (Wildman–Crippen LogP) is 8.97. The van der Waals surface area contributed by atoms with Crippen LogP contribution in [-0.2, 0) is 28.8 Å². The molecule has 4 aromatic rings. The molecule has 1 heterocycles. The first-order chi connectivity index (χ1) is 20.6. The number of aromatic nitrogens is 1. The molecule has 5 heteroatoms. The number of pyridine rings is 1. The Morgan fingerprint density at radius 2 is 1.37 bits per heavy atom. The van der Waals surface area contributed by atoms with E-state index in [1.165, 1.54) is 15.9 Å². The van der Waals surface area contributed by atoms with Crippen LogP contribution in [0.5, 0.6) is 0 Å². The summed E-state index contributed by atoms with van der Waals surface area (Å²) >= 11 is 0. The molecule has 0 unspecified atom stereocenters. The molecule has 0 atom stereocenters. The lowest BCUT2D eigenvalue weighted by atomic mass is 9.87. The van der Waals surface area contributed by atoms with Crippen molar-refractivity contribution in [2.75, 3.05) is 7.11 Å². The molecule has 0 N–H and O–H groups in total. The molecule has 0 bridgehead atoms.